The molecule has 204 valence electrons. The van der Waals surface area contributed by atoms with Gasteiger partial charge in [-0.3, -0.25) is 14.2 Å². The molecule has 1 aromatic heterocycles. The number of aromatic carboxylic acids is 1. The average Bonchev–Trinajstić information content (AvgIpc) is 3.44. The molecule has 1 unspecified atom stereocenters. The second kappa shape index (κ2) is 12.5. The lowest BCUT2D eigenvalue weighted by molar-refractivity contribution is -0.112. The van der Waals surface area contributed by atoms with E-state index in [2.05, 4.69) is 15.6 Å². The summed E-state index contributed by atoms with van der Waals surface area (Å²) in [6.45, 7) is 1.77. The Morgan fingerprint density at radius 1 is 1.08 bits per heavy atom. The number of carbonyl (C=O) groups is 3. The number of hydrogen-bond acceptors (Lipinski definition) is 7. The van der Waals surface area contributed by atoms with Crippen LogP contribution in [0, 0.1) is 17.6 Å². The highest BCUT2D eigenvalue weighted by molar-refractivity contribution is 6.07. The Bertz CT molecular complexity index is 1450. The molecule has 1 atom stereocenters. The number of rotatable bonds is 11. The molecule has 39 heavy (non-hydrogen) atoms. The number of nitrogens with zero attached hydrogens (tertiary/aromatic N) is 2. The van der Waals surface area contributed by atoms with Gasteiger partial charge >= 0.3 is 5.97 Å². The number of benzene rings is 2. The number of hydrogen-bond donors (Lipinski definition) is 5. The Hall–Kier alpha value is -5.00. The smallest absolute Gasteiger partial charge is 0.337 e. The minimum absolute atomic E-state index is 0.105. The van der Waals surface area contributed by atoms with Crippen LogP contribution in [0.5, 0.6) is 0 Å². The molecular weight excluding hydrogens is 510 g/mol. The highest BCUT2D eigenvalue weighted by atomic mass is 19.1. The van der Waals surface area contributed by atoms with E-state index in [-0.39, 0.29) is 47.1 Å². The van der Waals surface area contributed by atoms with Gasteiger partial charge in [-0.25, -0.2) is 18.6 Å². The molecule has 2 aromatic carbocycles. The summed E-state index contributed by atoms with van der Waals surface area (Å²) in [5.74, 6) is -3.69. The first kappa shape index (κ1) is 28.6. The van der Waals surface area contributed by atoms with Crippen LogP contribution in [0.2, 0.25) is 0 Å². The molecule has 0 spiro atoms. The van der Waals surface area contributed by atoms with E-state index in [9.17, 15) is 28.3 Å². The van der Waals surface area contributed by atoms with Gasteiger partial charge < -0.3 is 27.2 Å². The summed E-state index contributed by atoms with van der Waals surface area (Å²) in [4.78, 5) is 39.4. The standard InChI is InChI=1S/C27H28F2N6O4/c1-15(7-16-10-23(32-2)18(13-36)9-20(16)28)8-17-11-24(19(27(38)39)12-21(17)29)34-26(37)22(30)3-4-25(31)35-6-5-33-14-35/h3-6,9-15,32H,7-8,30-31H2,1-2H3,(H,34,37)(H,38,39)/b22-3-,25-4+. The molecule has 12 heteroatoms. The Kier molecular flexibility index (Phi) is 9.15. The van der Waals surface area contributed by atoms with E-state index in [4.69, 9.17) is 11.5 Å². The average molecular weight is 539 g/mol. The van der Waals surface area contributed by atoms with E-state index in [0.717, 1.165) is 12.1 Å². The van der Waals surface area contributed by atoms with Crippen molar-refractivity contribution in [1.82, 2.24) is 9.55 Å². The lowest BCUT2D eigenvalue weighted by Gasteiger charge is -2.17. The SMILES string of the molecule is CNc1cc(CC(C)Cc2cc(NC(=O)/C(N)=C/C=C(\N)n3ccnc3)c(C(=O)O)cc2F)c(F)cc1C=O. The normalized spacial score (nSPS) is 12.6. The molecule has 0 aliphatic rings. The van der Waals surface area contributed by atoms with Gasteiger partial charge in [-0.2, -0.15) is 0 Å². The predicted molar refractivity (Wildman–Crippen MR) is 143 cm³/mol. The summed E-state index contributed by atoms with van der Waals surface area (Å²) < 4.78 is 30.9. The van der Waals surface area contributed by atoms with Gasteiger partial charge in [0.15, 0.2) is 6.29 Å². The molecule has 3 rings (SSSR count). The predicted octanol–water partition coefficient (Wildman–Crippen LogP) is 3.37. The molecule has 0 aliphatic carbocycles. The van der Waals surface area contributed by atoms with E-state index in [1.54, 1.807) is 20.2 Å². The van der Waals surface area contributed by atoms with Crippen molar-refractivity contribution in [3.8, 4) is 0 Å². The van der Waals surface area contributed by atoms with E-state index < -0.39 is 29.1 Å². The number of amides is 1. The molecule has 0 saturated carbocycles. The molecule has 0 fully saturated rings. The molecule has 1 heterocycles. The number of anilines is 2. The Balaban J connectivity index is 1.82. The molecule has 1 amide bonds. The zero-order valence-electron chi connectivity index (χ0n) is 21.2. The molecule has 10 nitrogen and oxygen atoms in total. The van der Waals surface area contributed by atoms with E-state index in [1.165, 1.54) is 41.4 Å². The van der Waals surface area contributed by atoms with Gasteiger partial charge in [0.1, 0.15) is 23.8 Å². The number of aromatic nitrogens is 2. The van der Waals surface area contributed by atoms with E-state index >= 15 is 0 Å². The largest absolute Gasteiger partial charge is 0.478 e. The molecule has 0 saturated heterocycles. The van der Waals surface area contributed by atoms with Gasteiger partial charge in [0.05, 0.1) is 16.9 Å². The molecule has 3 aromatic rings. The van der Waals surface area contributed by atoms with Crippen molar-refractivity contribution < 1.29 is 28.3 Å². The summed E-state index contributed by atoms with van der Waals surface area (Å²) >= 11 is 0. The monoisotopic (exact) mass is 538 g/mol. The zero-order chi connectivity index (χ0) is 28.7. The number of nitrogens with one attached hydrogen (secondary N) is 2. The second-order valence-electron chi connectivity index (χ2n) is 8.84. The zero-order valence-corrected chi connectivity index (χ0v) is 21.2. The third-order valence-corrected chi connectivity index (χ3v) is 5.92. The van der Waals surface area contributed by atoms with Gasteiger partial charge in [0.25, 0.3) is 5.91 Å². The quantitative estimate of drug-likeness (QED) is 0.141. The lowest BCUT2D eigenvalue weighted by atomic mass is 9.92. The Morgan fingerprint density at radius 3 is 2.28 bits per heavy atom. The van der Waals surface area contributed by atoms with Crippen LogP contribution in [0.1, 0.15) is 38.8 Å². The molecular formula is C27H28F2N6O4. The number of allylic oxidation sites excluding steroid dienone is 2. The van der Waals surface area contributed by atoms with E-state index in [1.807, 2.05) is 0 Å². The van der Waals surface area contributed by atoms with Crippen LogP contribution < -0.4 is 22.1 Å². The van der Waals surface area contributed by atoms with Crippen LogP contribution in [0.4, 0.5) is 20.2 Å². The van der Waals surface area contributed by atoms with Gasteiger partial charge in [0, 0.05) is 30.7 Å². The van der Waals surface area contributed by atoms with Crippen molar-refractivity contribution >= 4 is 35.4 Å². The third kappa shape index (κ3) is 7.06. The first-order chi connectivity index (χ1) is 18.5. The fraction of sp³-hybridized carbons (Fsp3) is 0.185. The highest BCUT2D eigenvalue weighted by Crippen LogP contribution is 2.27. The molecule has 7 N–H and O–H groups in total. The van der Waals surface area contributed by atoms with Crippen molar-refractivity contribution in [2.24, 2.45) is 17.4 Å². The second-order valence-corrected chi connectivity index (χ2v) is 8.84. The van der Waals surface area contributed by atoms with Crippen LogP contribution in [-0.4, -0.2) is 39.9 Å². The van der Waals surface area contributed by atoms with Crippen LogP contribution in [-0.2, 0) is 17.6 Å². The van der Waals surface area contributed by atoms with Crippen molar-refractivity contribution in [2.75, 3.05) is 17.7 Å². The number of carboxylic acid groups (broad SMARTS) is 1. The maximum Gasteiger partial charge on any atom is 0.337 e. The summed E-state index contributed by atoms with van der Waals surface area (Å²) in [6.07, 6.45) is 8.02. The number of nitrogens with two attached hydrogens (primary N) is 2. The first-order valence-corrected chi connectivity index (χ1v) is 11.8. The summed E-state index contributed by atoms with van der Waals surface area (Å²) in [7, 11) is 1.61. The Morgan fingerprint density at radius 2 is 1.72 bits per heavy atom. The maximum absolute atomic E-state index is 14.9. The van der Waals surface area contributed by atoms with Crippen molar-refractivity contribution in [3.05, 3.63) is 94.7 Å². The van der Waals surface area contributed by atoms with Crippen LogP contribution in [0.15, 0.2) is 60.8 Å². The maximum atomic E-state index is 14.9. The van der Waals surface area contributed by atoms with Crippen molar-refractivity contribution in [2.45, 2.75) is 19.8 Å². The fourth-order valence-corrected chi connectivity index (χ4v) is 3.93. The number of carboxylic acids is 1. The highest BCUT2D eigenvalue weighted by Gasteiger charge is 2.20. The number of carbonyl (C=O) groups excluding carboxylic acids is 2. The third-order valence-electron chi connectivity index (χ3n) is 5.92. The molecule has 0 radical (unpaired) electrons. The van der Waals surface area contributed by atoms with Crippen LogP contribution in [0.3, 0.4) is 0 Å². The molecule has 0 bridgehead atoms. The van der Waals surface area contributed by atoms with E-state index in [0.29, 0.717) is 17.5 Å². The summed E-state index contributed by atoms with van der Waals surface area (Å²) in [6, 6.07) is 4.69. The topological polar surface area (TPSA) is 165 Å². The summed E-state index contributed by atoms with van der Waals surface area (Å²) in [5, 5.41) is 14.8. The first-order valence-electron chi connectivity index (χ1n) is 11.8. The van der Waals surface area contributed by atoms with Gasteiger partial charge in [-0.05, 0) is 66.3 Å². The number of imidazole rings is 1. The Labute approximate surface area is 223 Å². The lowest BCUT2D eigenvalue weighted by Crippen LogP contribution is -2.22. The fourth-order valence-electron chi connectivity index (χ4n) is 3.93. The van der Waals surface area contributed by atoms with Gasteiger partial charge in [-0.15, -0.1) is 0 Å². The van der Waals surface area contributed by atoms with Crippen LogP contribution in [0.25, 0.3) is 5.82 Å². The number of aldehydes is 1. The van der Waals surface area contributed by atoms with Crippen LogP contribution >= 0.6 is 0 Å². The minimum Gasteiger partial charge on any atom is -0.478 e. The van der Waals surface area contributed by atoms with Crippen molar-refractivity contribution in [1.29, 1.82) is 0 Å². The van der Waals surface area contributed by atoms with Crippen molar-refractivity contribution in [3.63, 3.8) is 0 Å². The van der Waals surface area contributed by atoms with Gasteiger partial charge in [0.2, 0.25) is 0 Å². The summed E-state index contributed by atoms with van der Waals surface area (Å²) in [5.41, 5.74) is 11.9. The molecule has 0 aliphatic heterocycles. The number of halogens is 2. The van der Waals surface area contributed by atoms with Gasteiger partial charge in [-0.1, -0.05) is 6.92 Å². The minimum atomic E-state index is -1.45.